The van der Waals surface area contributed by atoms with E-state index in [2.05, 4.69) is 22.0 Å². The van der Waals surface area contributed by atoms with Crippen LogP contribution in [0.15, 0.2) is 40.9 Å². The summed E-state index contributed by atoms with van der Waals surface area (Å²) in [5.41, 5.74) is 0.322. The van der Waals surface area contributed by atoms with Gasteiger partial charge >= 0.3 is 5.97 Å². The molecular weight excluding hydrogens is 332 g/mol. The number of carbonyl (C=O) groups excluding carboxylic acids is 1. The van der Waals surface area contributed by atoms with Crippen LogP contribution in [0.1, 0.15) is 36.0 Å². The third kappa shape index (κ3) is 2.16. The van der Waals surface area contributed by atoms with E-state index in [1.54, 1.807) is 12.1 Å². The van der Waals surface area contributed by atoms with Gasteiger partial charge in [0.2, 0.25) is 0 Å². The molecule has 0 N–H and O–H groups in total. The Morgan fingerprint density at radius 2 is 2.10 bits per heavy atom. The highest BCUT2D eigenvalue weighted by molar-refractivity contribution is 9.10. The van der Waals surface area contributed by atoms with E-state index in [1.165, 1.54) is 6.42 Å². The van der Waals surface area contributed by atoms with Crippen molar-refractivity contribution in [1.29, 1.82) is 0 Å². The monoisotopic (exact) mass is 348 g/mol. The number of carbonyl (C=O) groups is 1. The lowest BCUT2D eigenvalue weighted by atomic mass is 9.86. The highest BCUT2D eigenvalue weighted by Crippen LogP contribution is 2.53. The van der Waals surface area contributed by atoms with Gasteiger partial charge in [-0.2, -0.15) is 0 Å². The highest BCUT2D eigenvalue weighted by Gasteiger charge is 2.58. The molecule has 3 nitrogen and oxygen atoms in total. The van der Waals surface area contributed by atoms with Crippen molar-refractivity contribution in [3.63, 3.8) is 0 Å². The fourth-order valence-electron chi connectivity index (χ4n) is 4.01. The minimum Gasteiger partial charge on any atom is -0.451 e. The molecule has 0 aromatic heterocycles. The Bertz CT molecular complexity index is 595. The van der Waals surface area contributed by atoms with E-state index in [1.807, 2.05) is 18.2 Å². The van der Waals surface area contributed by atoms with Gasteiger partial charge in [0, 0.05) is 4.47 Å². The first-order valence-electron chi connectivity index (χ1n) is 7.50. The standard InChI is InChI=1S/C17H17BrO3/c18-13-5-3-11(4-6-13)16(19)20-15-8-7-14-10-12-2-1-9-17(12,15)21-14/h3-8,12,14-15H,1-2,9-10H2/t12-,14-,15-,17-/m0/s1. The van der Waals surface area contributed by atoms with Gasteiger partial charge < -0.3 is 9.47 Å². The molecule has 1 spiro atoms. The summed E-state index contributed by atoms with van der Waals surface area (Å²) in [7, 11) is 0. The van der Waals surface area contributed by atoms with Crippen molar-refractivity contribution in [3.8, 4) is 0 Å². The molecule has 1 aromatic rings. The Morgan fingerprint density at radius 1 is 1.29 bits per heavy atom. The number of hydrogen-bond donors (Lipinski definition) is 0. The van der Waals surface area contributed by atoms with Crippen molar-refractivity contribution >= 4 is 21.9 Å². The summed E-state index contributed by atoms with van der Waals surface area (Å²) < 4.78 is 12.9. The second-order valence-electron chi connectivity index (χ2n) is 6.15. The fourth-order valence-corrected chi connectivity index (χ4v) is 4.28. The normalized spacial score (nSPS) is 36.5. The first kappa shape index (κ1) is 13.5. The van der Waals surface area contributed by atoms with Gasteiger partial charge in [-0.3, -0.25) is 0 Å². The Labute approximate surface area is 132 Å². The number of rotatable bonds is 2. The number of halogens is 1. The minimum absolute atomic E-state index is 0.220. The van der Waals surface area contributed by atoms with Crippen LogP contribution in [-0.2, 0) is 9.47 Å². The first-order valence-corrected chi connectivity index (χ1v) is 8.29. The molecule has 0 unspecified atom stereocenters. The van der Waals surface area contributed by atoms with Crippen molar-refractivity contribution < 1.29 is 14.3 Å². The molecule has 1 saturated carbocycles. The van der Waals surface area contributed by atoms with Gasteiger partial charge in [-0.15, -0.1) is 0 Å². The molecule has 2 aliphatic heterocycles. The molecule has 4 heteroatoms. The number of benzene rings is 1. The molecule has 2 bridgehead atoms. The van der Waals surface area contributed by atoms with E-state index >= 15 is 0 Å². The average molecular weight is 349 g/mol. The summed E-state index contributed by atoms with van der Waals surface area (Å²) in [6.07, 6.45) is 8.49. The summed E-state index contributed by atoms with van der Waals surface area (Å²) in [5, 5.41) is 0. The topological polar surface area (TPSA) is 35.5 Å². The number of ether oxygens (including phenoxy) is 2. The van der Waals surface area contributed by atoms with Crippen molar-refractivity contribution in [2.24, 2.45) is 5.92 Å². The zero-order valence-electron chi connectivity index (χ0n) is 11.6. The smallest absolute Gasteiger partial charge is 0.338 e. The van der Waals surface area contributed by atoms with Gasteiger partial charge in [-0.1, -0.05) is 28.4 Å². The molecule has 110 valence electrons. The van der Waals surface area contributed by atoms with Crippen molar-refractivity contribution in [1.82, 2.24) is 0 Å². The van der Waals surface area contributed by atoms with E-state index in [0.29, 0.717) is 11.5 Å². The van der Waals surface area contributed by atoms with E-state index in [-0.39, 0.29) is 23.8 Å². The van der Waals surface area contributed by atoms with Crippen LogP contribution in [0.4, 0.5) is 0 Å². The minimum atomic E-state index is -0.272. The largest absolute Gasteiger partial charge is 0.451 e. The Kier molecular flexibility index (Phi) is 3.19. The van der Waals surface area contributed by atoms with Crippen LogP contribution in [0.5, 0.6) is 0 Å². The van der Waals surface area contributed by atoms with Crippen molar-refractivity contribution in [2.45, 2.75) is 43.5 Å². The molecule has 1 aliphatic carbocycles. The lowest BCUT2D eigenvalue weighted by Gasteiger charge is -2.37. The summed E-state index contributed by atoms with van der Waals surface area (Å²) in [4.78, 5) is 12.4. The van der Waals surface area contributed by atoms with Crippen LogP contribution in [0, 0.1) is 5.92 Å². The summed E-state index contributed by atoms with van der Waals surface area (Å²) in [6.45, 7) is 0. The van der Waals surface area contributed by atoms with E-state index in [4.69, 9.17) is 9.47 Å². The first-order chi connectivity index (χ1) is 10.2. The molecular formula is C17H17BrO3. The quantitative estimate of drug-likeness (QED) is 0.601. The molecule has 3 aliphatic rings. The maximum Gasteiger partial charge on any atom is 0.338 e. The molecule has 0 radical (unpaired) electrons. The maximum absolute atomic E-state index is 12.4. The van der Waals surface area contributed by atoms with Gasteiger partial charge in [-0.25, -0.2) is 4.79 Å². The lowest BCUT2D eigenvalue weighted by Crippen LogP contribution is -2.47. The fraction of sp³-hybridized carbons (Fsp3) is 0.471. The van der Waals surface area contributed by atoms with E-state index < -0.39 is 0 Å². The third-order valence-corrected chi connectivity index (χ3v) is 5.52. The van der Waals surface area contributed by atoms with Crippen LogP contribution in [-0.4, -0.2) is 23.8 Å². The van der Waals surface area contributed by atoms with Crippen LogP contribution in [0.2, 0.25) is 0 Å². The van der Waals surface area contributed by atoms with Gasteiger partial charge in [-0.05, 0) is 55.5 Å². The second-order valence-corrected chi connectivity index (χ2v) is 7.07. The molecule has 1 aromatic carbocycles. The predicted molar refractivity (Wildman–Crippen MR) is 82.0 cm³/mol. The van der Waals surface area contributed by atoms with E-state index in [9.17, 15) is 4.79 Å². The Balaban J connectivity index is 1.56. The van der Waals surface area contributed by atoms with Crippen LogP contribution >= 0.6 is 15.9 Å². The van der Waals surface area contributed by atoms with Crippen LogP contribution in [0.3, 0.4) is 0 Å². The molecule has 2 heterocycles. The lowest BCUT2D eigenvalue weighted by molar-refractivity contribution is -0.112. The van der Waals surface area contributed by atoms with E-state index in [0.717, 1.165) is 23.7 Å². The van der Waals surface area contributed by atoms with Crippen LogP contribution < -0.4 is 0 Å². The van der Waals surface area contributed by atoms with Gasteiger partial charge in [0.1, 0.15) is 11.7 Å². The molecule has 2 fully saturated rings. The molecule has 4 rings (SSSR count). The van der Waals surface area contributed by atoms with Gasteiger partial charge in [0.15, 0.2) is 0 Å². The maximum atomic E-state index is 12.4. The molecule has 1 saturated heterocycles. The Morgan fingerprint density at radius 3 is 2.90 bits per heavy atom. The third-order valence-electron chi connectivity index (χ3n) is 4.99. The van der Waals surface area contributed by atoms with Crippen molar-refractivity contribution in [3.05, 3.63) is 46.5 Å². The number of hydrogen-bond acceptors (Lipinski definition) is 3. The summed E-state index contributed by atoms with van der Waals surface area (Å²) in [6, 6.07) is 7.26. The molecule has 21 heavy (non-hydrogen) atoms. The van der Waals surface area contributed by atoms with Gasteiger partial charge in [0.25, 0.3) is 0 Å². The van der Waals surface area contributed by atoms with Crippen molar-refractivity contribution in [2.75, 3.05) is 0 Å². The predicted octanol–water partition coefficient (Wildman–Crippen LogP) is 3.87. The number of fused-ring (bicyclic) bond motifs is 1. The molecule has 0 amide bonds. The summed E-state index contributed by atoms with van der Waals surface area (Å²) >= 11 is 3.37. The number of esters is 1. The molecule has 4 atom stereocenters. The zero-order chi connectivity index (χ0) is 14.4. The van der Waals surface area contributed by atoms with Crippen LogP contribution in [0.25, 0.3) is 0 Å². The second kappa shape index (κ2) is 4.96. The Hall–Kier alpha value is -1.13. The van der Waals surface area contributed by atoms with Gasteiger partial charge in [0.05, 0.1) is 11.7 Å². The SMILES string of the molecule is O=C(O[C@H]1C=C[C@H]2C[C@@H]3CCC[C@]31O2)c1ccc(Br)cc1. The highest BCUT2D eigenvalue weighted by atomic mass is 79.9. The average Bonchev–Trinajstić information content (AvgIpc) is 2.97. The zero-order valence-corrected chi connectivity index (χ0v) is 13.2. The summed E-state index contributed by atoms with van der Waals surface area (Å²) in [5.74, 6) is 0.256.